The van der Waals surface area contributed by atoms with E-state index in [2.05, 4.69) is 4.72 Å². The third kappa shape index (κ3) is 4.53. The molecule has 1 atom stereocenters. The minimum absolute atomic E-state index is 0.0479. The Morgan fingerprint density at radius 1 is 1.26 bits per heavy atom. The Kier molecular flexibility index (Phi) is 6.15. The first-order valence-corrected chi connectivity index (χ1v) is 9.46. The summed E-state index contributed by atoms with van der Waals surface area (Å²) in [6.07, 6.45) is 1.79. The van der Waals surface area contributed by atoms with Crippen LogP contribution in [0.4, 0.5) is 0 Å². The number of ether oxygens (including phenoxy) is 1. The van der Waals surface area contributed by atoms with Crippen molar-refractivity contribution in [1.29, 1.82) is 0 Å². The molecule has 1 amide bonds. The van der Waals surface area contributed by atoms with E-state index in [1.807, 2.05) is 13.8 Å². The summed E-state index contributed by atoms with van der Waals surface area (Å²) in [7, 11) is -3.58. The van der Waals surface area contributed by atoms with Crippen molar-refractivity contribution in [1.82, 2.24) is 9.62 Å². The Balaban J connectivity index is 2.04. The maximum atomic E-state index is 12.3. The first-order chi connectivity index (χ1) is 11.0. The maximum absolute atomic E-state index is 12.3. The van der Waals surface area contributed by atoms with Gasteiger partial charge in [0, 0.05) is 31.8 Å². The van der Waals surface area contributed by atoms with Gasteiger partial charge >= 0.3 is 0 Å². The molecule has 2 rings (SSSR count). The van der Waals surface area contributed by atoms with Crippen LogP contribution < -0.4 is 4.72 Å². The van der Waals surface area contributed by atoms with Gasteiger partial charge in [-0.2, -0.15) is 0 Å². The van der Waals surface area contributed by atoms with E-state index in [0.29, 0.717) is 25.3 Å². The van der Waals surface area contributed by atoms with Gasteiger partial charge in [0.2, 0.25) is 10.0 Å². The molecule has 0 bridgehead atoms. The summed E-state index contributed by atoms with van der Waals surface area (Å²) < 4.78 is 32.5. The number of sulfonamides is 1. The van der Waals surface area contributed by atoms with Crippen LogP contribution in [0.1, 0.15) is 37.0 Å². The van der Waals surface area contributed by atoms with Crippen molar-refractivity contribution in [3.05, 3.63) is 29.8 Å². The molecule has 7 heteroatoms. The third-order valence-electron chi connectivity index (χ3n) is 3.99. The van der Waals surface area contributed by atoms with Crippen LogP contribution in [0.15, 0.2) is 29.2 Å². The van der Waals surface area contributed by atoms with E-state index in [-0.39, 0.29) is 23.5 Å². The van der Waals surface area contributed by atoms with Crippen LogP contribution in [-0.4, -0.2) is 51.6 Å². The molecular formula is C16H24N2O4S. The van der Waals surface area contributed by atoms with Gasteiger partial charge in [-0.05, 0) is 51.0 Å². The quantitative estimate of drug-likeness (QED) is 0.818. The maximum Gasteiger partial charge on any atom is 0.253 e. The molecule has 6 nitrogen and oxygen atoms in total. The second kappa shape index (κ2) is 7.90. The lowest BCUT2D eigenvalue weighted by Gasteiger charge is -2.18. The zero-order valence-corrected chi connectivity index (χ0v) is 14.4. The lowest BCUT2D eigenvalue weighted by molar-refractivity contribution is 0.0773. The van der Waals surface area contributed by atoms with Gasteiger partial charge in [0.25, 0.3) is 5.91 Å². The zero-order valence-electron chi connectivity index (χ0n) is 13.6. The van der Waals surface area contributed by atoms with Crippen LogP contribution in [0.25, 0.3) is 0 Å². The topological polar surface area (TPSA) is 75.7 Å². The number of rotatable bonds is 7. The van der Waals surface area contributed by atoms with E-state index in [9.17, 15) is 13.2 Å². The van der Waals surface area contributed by atoms with Gasteiger partial charge in [0.15, 0.2) is 0 Å². The summed E-state index contributed by atoms with van der Waals surface area (Å²) >= 11 is 0. The molecule has 1 N–H and O–H groups in total. The fourth-order valence-corrected chi connectivity index (χ4v) is 3.63. The molecule has 0 radical (unpaired) electrons. The van der Waals surface area contributed by atoms with Crippen molar-refractivity contribution in [2.75, 3.05) is 26.2 Å². The SMILES string of the molecule is CCN(CC)C(=O)c1ccc(S(=O)(=O)NCC2CCCO2)cc1. The molecular weight excluding hydrogens is 316 g/mol. The minimum Gasteiger partial charge on any atom is -0.377 e. The summed E-state index contributed by atoms with van der Waals surface area (Å²) in [6.45, 7) is 6.04. The number of hydrogen-bond acceptors (Lipinski definition) is 4. The van der Waals surface area contributed by atoms with Gasteiger partial charge < -0.3 is 9.64 Å². The van der Waals surface area contributed by atoms with E-state index < -0.39 is 10.0 Å². The highest BCUT2D eigenvalue weighted by Crippen LogP contribution is 2.15. The smallest absolute Gasteiger partial charge is 0.253 e. The molecule has 23 heavy (non-hydrogen) atoms. The molecule has 1 unspecified atom stereocenters. The largest absolute Gasteiger partial charge is 0.377 e. The molecule has 0 aromatic heterocycles. The van der Waals surface area contributed by atoms with Crippen LogP contribution in [0, 0.1) is 0 Å². The predicted molar refractivity (Wildman–Crippen MR) is 87.9 cm³/mol. The highest BCUT2D eigenvalue weighted by molar-refractivity contribution is 7.89. The molecule has 1 fully saturated rings. The number of carbonyl (C=O) groups is 1. The number of nitrogens with one attached hydrogen (secondary N) is 1. The molecule has 1 aromatic carbocycles. The average Bonchev–Trinajstić information content (AvgIpc) is 3.08. The van der Waals surface area contributed by atoms with E-state index in [0.717, 1.165) is 12.8 Å². The number of benzene rings is 1. The molecule has 1 heterocycles. The zero-order chi connectivity index (χ0) is 16.9. The number of hydrogen-bond donors (Lipinski definition) is 1. The third-order valence-corrected chi connectivity index (χ3v) is 5.43. The number of carbonyl (C=O) groups excluding carboxylic acids is 1. The molecule has 1 aliphatic rings. The van der Waals surface area contributed by atoms with Crippen LogP contribution in [-0.2, 0) is 14.8 Å². The Bertz CT molecular complexity index is 618. The Hall–Kier alpha value is -1.44. The Morgan fingerprint density at radius 3 is 2.43 bits per heavy atom. The van der Waals surface area contributed by atoms with Crippen molar-refractivity contribution in [2.45, 2.75) is 37.7 Å². The van der Waals surface area contributed by atoms with Crippen molar-refractivity contribution in [3.63, 3.8) is 0 Å². The lowest BCUT2D eigenvalue weighted by Crippen LogP contribution is -2.32. The second-order valence-electron chi connectivity index (χ2n) is 5.49. The predicted octanol–water partition coefficient (Wildman–Crippen LogP) is 1.63. The van der Waals surface area contributed by atoms with Gasteiger partial charge in [-0.25, -0.2) is 13.1 Å². The summed E-state index contributed by atoms with van der Waals surface area (Å²) in [5.41, 5.74) is 0.492. The standard InChI is InChI=1S/C16H24N2O4S/c1-3-18(4-2)16(19)13-7-9-15(10-8-13)23(20,21)17-12-14-6-5-11-22-14/h7-10,14,17H,3-6,11-12H2,1-2H3. The fraction of sp³-hybridized carbons (Fsp3) is 0.562. The molecule has 0 saturated carbocycles. The van der Waals surface area contributed by atoms with Gasteiger partial charge in [-0.3, -0.25) is 4.79 Å². The normalized spacial score (nSPS) is 18.1. The lowest BCUT2D eigenvalue weighted by atomic mass is 10.2. The Morgan fingerprint density at radius 2 is 1.91 bits per heavy atom. The van der Waals surface area contributed by atoms with Crippen LogP contribution >= 0.6 is 0 Å². The van der Waals surface area contributed by atoms with Gasteiger partial charge in [-0.1, -0.05) is 0 Å². The molecule has 0 aliphatic carbocycles. The number of amides is 1. The molecule has 1 aromatic rings. The van der Waals surface area contributed by atoms with E-state index in [1.165, 1.54) is 12.1 Å². The molecule has 0 spiro atoms. The van der Waals surface area contributed by atoms with E-state index >= 15 is 0 Å². The molecule has 1 saturated heterocycles. The summed E-state index contributed by atoms with van der Waals surface area (Å²) in [5.74, 6) is -0.0914. The molecule has 1 aliphatic heterocycles. The monoisotopic (exact) mass is 340 g/mol. The van der Waals surface area contributed by atoms with Crippen LogP contribution in [0.2, 0.25) is 0 Å². The molecule has 128 valence electrons. The summed E-state index contributed by atoms with van der Waals surface area (Å²) in [6, 6.07) is 6.05. The van der Waals surface area contributed by atoms with Crippen molar-refractivity contribution in [2.24, 2.45) is 0 Å². The summed E-state index contributed by atoms with van der Waals surface area (Å²) in [5, 5.41) is 0. The highest BCUT2D eigenvalue weighted by atomic mass is 32.2. The second-order valence-corrected chi connectivity index (χ2v) is 7.26. The number of nitrogens with zero attached hydrogens (tertiary/aromatic N) is 1. The minimum atomic E-state index is -3.58. The van der Waals surface area contributed by atoms with Gasteiger partial charge in [0.1, 0.15) is 0 Å². The van der Waals surface area contributed by atoms with Crippen molar-refractivity contribution in [3.8, 4) is 0 Å². The van der Waals surface area contributed by atoms with E-state index in [1.54, 1.807) is 17.0 Å². The van der Waals surface area contributed by atoms with Gasteiger partial charge in [0.05, 0.1) is 11.0 Å². The van der Waals surface area contributed by atoms with Gasteiger partial charge in [-0.15, -0.1) is 0 Å². The van der Waals surface area contributed by atoms with Crippen molar-refractivity contribution < 1.29 is 17.9 Å². The van der Waals surface area contributed by atoms with Crippen molar-refractivity contribution >= 4 is 15.9 Å². The fourth-order valence-electron chi connectivity index (χ4n) is 2.56. The van der Waals surface area contributed by atoms with Crippen LogP contribution in [0.5, 0.6) is 0 Å². The Labute approximate surface area is 137 Å². The van der Waals surface area contributed by atoms with E-state index in [4.69, 9.17) is 4.74 Å². The first-order valence-electron chi connectivity index (χ1n) is 7.98. The highest BCUT2D eigenvalue weighted by Gasteiger charge is 2.21. The van der Waals surface area contributed by atoms with Crippen LogP contribution in [0.3, 0.4) is 0 Å². The summed E-state index contributed by atoms with van der Waals surface area (Å²) in [4.78, 5) is 14.1. The average molecular weight is 340 g/mol. The first kappa shape index (κ1) is 17.9.